The van der Waals surface area contributed by atoms with E-state index in [2.05, 4.69) is 16.0 Å². The van der Waals surface area contributed by atoms with Crippen LogP contribution in [0.15, 0.2) is 48.5 Å². The summed E-state index contributed by atoms with van der Waals surface area (Å²) in [4.78, 5) is 17.0. The van der Waals surface area contributed by atoms with Crippen molar-refractivity contribution >= 4 is 16.9 Å². The van der Waals surface area contributed by atoms with Gasteiger partial charge in [-0.05, 0) is 44.5 Å². The molecule has 1 heterocycles. The number of nitrogens with one attached hydrogen (secondary N) is 1. The summed E-state index contributed by atoms with van der Waals surface area (Å²) in [7, 11) is 0. The number of amides is 1. The Labute approximate surface area is 160 Å². The molecule has 3 rings (SSSR count). The summed E-state index contributed by atoms with van der Waals surface area (Å²) in [6, 6.07) is 15.8. The summed E-state index contributed by atoms with van der Waals surface area (Å²) in [5, 5.41) is 2.99. The van der Waals surface area contributed by atoms with Gasteiger partial charge in [0.15, 0.2) is 0 Å². The molecule has 0 bridgehead atoms. The molecule has 1 aromatic heterocycles. The van der Waals surface area contributed by atoms with Gasteiger partial charge in [-0.15, -0.1) is 0 Å². The second-order valence-electron chi connectivity index (χ2n) is 6.59. The van der Waals surface area contributed by atoms with Crippen molar-refractivity contribution in [3.05, 3.63) is 65.5 Å². The summed E-state index contributed by atoms with van der Waals surface area (Å²) in [6.45, 7) is 6.82. The third-order valence-electron chi connectivity index (χ3n) is 4.57. The van der Waals surface area contributed by atoms with Crippen LogP contribution in [0.2, 0.25) is 0 Å². The molecule has 1 N–H and O–H groups in total. The Bertz CT molecular complexity index is 884. The Balaban J connectivity index is 1.58. The number of aryl methyl sites for hydroxylation is 2. The lowest BCUT2D eigenvalue weighted by atomic mass is 10.1. The van der Waals surface area contributed by atoms with Gasteiger partial charge in [-0.3, -0.25) is 4.79 Å². The third-order valence-corrected chi connectivity index (χ3v) is 4.57. The highest BCUT2D eigenvalue weighted by molar-refractivity contribution is 5.94. The van der Waals surface area contributed by atoms with E-state index < -0.39 is 0 Å². The molecular weight excluding hydrogens is 338 g/mol. The van der Waals surface area contributed by atoms with Crippen LogP contribution in [-0.2, 0) is 17.7 Å². The number of fused-ring (bicyclic) bond motifs is 1. The molecule has 5 heteroatoms. The highest BCUT2D eigenvalue weighted by atomic mass is 16.5. The van der Waals surface area contributed by atoms with Gasteiger partial charge in [0.1, 0.15) is 5.82 Å². The van der Waals surface area contributed by atoms with Crippen LogP contribution in [0.5, 0.6) is 0 Å². The zero-order valence-electron chi connectivity index (χ0n) is 16.1. The summed E-state index contributed by atoms with van der Waals surface area (Å²) < 4.78 is 7.75. The highest BCUT2D eigenvalue weighted by Crippen LogP contribution is 2.17. The van der Waals surface area contributed by atoms with Crippen LogP contribution in [0.25, 0.3) is 11.0 Å². The van der Waals surface area contributed by atoms with Crippen molar-refractivity contribution in [3.8, 4) is 0 Å². The first kappa shape index (κ1) is 19.1. The van der Waals surface area contributed by atoms with Gasteiger partial charge in [-0.2, -0.15) is 0 Å². The molecule has 1 amide bonds. The second kappa shape index (κ2) is 9.33. The number of benzene rings is 2. The average molecular weight is 365 g/mol. The molecule has 0 atom stereocenters. The molecular formula is C22H27N3O2. The number of hydrogen-bond acceptors (Lipinski definition) is 3. The molecule has 142 valence electrons. The third kappa shape index (κ3) is 4.95. The molecule has 3 aromatic rings. The van der Waals surface area contributed by atoms with Crippen LogP contribution in [0.3, 0.4) is 0 Å². The molecule has 27 heavy (non-hydrogen) atoms. The van der Waals surface area contributed by atoms with Crippen molar-refractivity contribution in [2.45, 2.75) is 33.2 Å². The molecule has 0 fully saturated rings. The molecule has 2 aromatic carbocycles. The number of para-hydroxylation sites is 2. The zero-order valence-corrected chi connectivity index (χ0v) is 16.1. The van der Waals surface area contributed by atoms with Crippen LogP contribution in [0, 0.1) is 6.92 Å². The molecule has 0 saturated heterocycles. The summed E-state index contributed by atoms with van der Waals surface area (Å²) >= 11 is 0. The van der Waals surface area contributed by atoms with Crippen LogP contribution in [0.1, 0.15) is 35.1 Å². The number of aromatic nitrogens is 2. The van der Waals surface area contributed by atoms with Gasteiger partial charge < -0.3 is 14.6 Å². The topological polar surface area (TPSA) is 56.1 Å². The van der Waals surface area contributed by atoms with Gasteiger partial charge in [0.05, 0.1) is 17.6 Å². The van der Waals surface area contributed by atoms with Gasteiger partial charge in [0.2, 0.25) is 0 Å². The van der Waals surface area contributed by atoms with E-state index in [-0.39, 0.29) is 5.91 Å². The van der Waals surface area contributed by atoms with Crippen molar-refractivity contribution in [2.75, 3.05) is 19.8 Å². The lowest BCUT2D eigenvalue weighted by molar-refractivity contribution is 0.0953. The molecule has 0 unspecified atom stereocenters. The average Bonchev–Trinajstić information content (AvgIpc) is 3.03. The Morgan fingerprint density at radius 3 is 2.70 bits per heavy atom. The van der Waals surface area contributed by atoms with Crippen molar-refractivity contribution < 1.29 is 9.53 Å². The number of imidazole rings is 1. The molecule has 0 aliphatic heterocycles. The molecule has 0 aliphatic carbocycles. The van der Waals surface area contributed by atoms with Crippen LogP contribution >= 0.6 is 0 Å². The number of ether oxygens (including phenoxy) is 1. The van der Waals surface area contributed by atoms with E-state index in [1.165, 1.54) is 0 Å². The SMILES string of the molecule is CCOCCn1c(CCCNC(=O)c2ccc(C)cc2)nc2ccccc21. The standard InChI is InChI=1S/C22H27N3O2/c1-3-27-16-15-25-20-8-5-4-7-19(20)24-21(25)9-6-14-23-22(26)18-12-10-17(2)11-13-18/h4-5,7-8,10-13H,3,6,9,14-16H2,1-2H3,(H,23,26). The highest BCUT2D eigenvalue weighted by Gasteiger charge is 2.10. The summed E-state index contributed by atoms with van der Waals surface area (Å²) in [5.74, 6) is 1.01. The Morgan fingerprint density at radius 2 is 1.93 bits per heavy atom. The zero-order chi connectivity index (χ0) is 19.1. The minimum atomic E-state index is -0.0279. The van der Waals surface area contributed by atoms with Gasteiger partial charge in [-0.25, -0.2) is 4.98 Å². The van der Waals surface area contributed by atoms with Gasteiger partial charge in [0.25, 0.3) is 5.91 Å². The first-order valence-electron chi connectivity index (χ1n) is 9.56. The fourth-order valence-corrected chi connectivity index (χ4v) is 3.12. The Morgan fingerprint density at radius 1 is 1.15 bits per heavy atom. The monoisotopic (exact) mass is 365 g/mol. The maximum Gasteiger partial charge on any atom is 0.251 e. The lowest BCUT2D eigenvalue weighted by Gasteiger charge is -2.10. The van der Waals surface area contributed by atoms with E-state index in [4.69, 9.17) is 9.72 Å². The number of carbonyl (C=O) groups is 1. The van der Waals surface area contributed by atoms with Crippen LogP contribution in [0.4, 0.5) is 0 Å². The van der Waals surface area contributed by atoms with Crippen molar-refractivity contribution in [1.29, 1.82) is 0 Å². The van der Waals surface area contributed by atoms with Gasteiger partial charge in [-0.1, -0.05) is 29.8 Å². The fraction of sp³-hybridized carbons (Fsp3) is 0.364. The molecule has 0 spiro atoms. The van der Waals surface area contributed by atoms with Crippen molar-refractivity contribution in [2.24, 2.45) is 0 Å². The molecule has 0 radical (unpaired) electrons. The van der Waals surface area contributed by atoms with E-state index in [1.807, 2.05) is 56.3 Å². The van der Waals surface area contributed by atoms with Gasteiger partial charge in [0, 0.05) is 31.7 Å². The van der Waals surface area contributed by atoms with Crippen molar-refractivity contribution in [3.63, 3.8) is 0 Å². The summed E-state index contributed by atoms with van der Waals surface area (Å²) in [6.07, 6.45) is 1.66. The smallest absolute Gasteiger partial charge is 0.251 e. The Kier molecular flexibility index (Phi) is 6.60. The number of carbonyl (C=O) groups excluding carboxylic acids is 1. The predicted molar refractivity (Wildman–Crippen MR) is 108 cm³/mol. The fourth-order valence-electron chi connectivity index (χ4n) is 3.12. The minimum absolute atomic E-state index is 0.0279. The largest absolute Gasteiger partial charge is 0.380 e. The first-order chi connectivity index (χ1) is 13.2. The quantitative estimate of drug-likeness (QED) is 0.588. The second-order valence-corrected chi connectivity index (χ2v) is 6.59. The van der Waals surface area contributed by atoms with E-state index >= 15 is 0 Å². The molecule has 0 aliphatic rings. The molecule has 0 saturated carbocycles. The number of rotatable bonds is 9. The van der Waals surface area contributed by atoms with E-state index in [1.54, 1.807) is 0 Å². The van der Waals surface area contributed by atoms with E-state index in [0.29, 0.717) is 25.3 Å². The number of nitrogens with zero attached hydrogens (tertiary/aromatic N) is 2. The predicted octanol–water partition coefficient (Wildman–Crippen LogP) is 3.74. The minimum Gasteiger partial charge on any atom is -0.380 e. The summed E-state index contributed by atoms with van der Waals surface area (Å²) in [5.41, 5.74) is 3.99. The maximum atomic E-state index is 12.2. The van der Waals surface area contributed by atoms with E-state index in [9.17, 15) is 4.79 Å². The first-order valence-corrected chi connectivity index (χ1v) is 9.56. The van der Waals surface area contributed by atoms with E-state index in [0.717, 1.165) is 41.8 Å². The van der Waals surface area contributed by atoms with Crippen LogP contribution in [-0.4, -0.2) is 35.2 Å². The van der Waals surface area contributed by atoms with Gasteiger partial charge >= 0.3 is 0 Å². The Hall–Kier alpha value is -2.66. The van der Waals surface area contributed by atoms with Crippen molar-refractivity contribution in [1.82, 2.24) is 14.9 Å². The maximum absolute atomic E-state index is 12.2. The number of hydrogen-bond donors (Lipinski definition) is 1. The van der Waals surface area contributed by atoms with Crippen LogP contribution < -0.4 is 5.32 Å². The lowest BCUT2D eigenvalue weighted by Crippen LogP contribution is -2.25. The normalized spacial score (nSPS) is 11.0. The molecule has 5 nitrogen and oxygen atoms in total.